The maximum absolute atomic E-state index is 12.4. The molecule has 4 nitrogen and oxygen atoms in total. The highest BCUT2D eigenvalue weighted by Crippen LogP contribution is 2.26. The van der Waals surface area contributed by atoms with Crippen molar-refractivity contribution >= 4 is 58.5 Å². The van der Waals surface area contributed by atoms with E-state index in [1.807, 2.05) is 32.9 Å². The summed E-state index contributed by atoms with van der Waals surface area (Å²) in [5, 5.41) is 8.17. The number of nitrogens with one attached hydrogen (secondary N) is 1. The van der Waals surface area contributed by atoms with Crippen molar-refractivity contribution in [2.75, 3.05) is 11.1 Å². The van der Waals surface area contributed by atoms with Crippen LogP contribution in [0.2, 0.25) is 5.02 Å². The first-order chi connectivity index (χ1) is 12.8. The Hall–Kier alpha value is -1.67. The highest BCUT2D eigenvalue weighted by Gasteiger charge is 2.12. The van der Waals surface area contributed by atoms with Crippen LogP contribution in [0.5, 0.6) is 0 Å². The van der Waals surface area contributed by atoms with Gasteiger partial charge in [0.15, 0.2) is 8.29 Å². The van der Waals surface area contributed by atoms with Gasteiger partial charge in [0, 0.05) is 10.7 Å². The summed E-state index contributed by atoms with van der Waals surface area (Å²) < 4.78 is 3.07. The van der Waals surface area contributed by atoms with E-state index in [2.05, 4.69) is 22.5 Å². The molecule has 0 fully saturated rings. The minimum Gasteiger partial charge on any atom is -0.325 e. The number of anilines is 1. The Bertz CT molecular complexity index is 1020. The number of aryl methyl sites for hydroxylation is 3. The molecular weight excluding hydrogens is 418 g/mol. The maximum atomic E-state index is 12.4. The van der Waals surface area contributed by atoms with Gasteiger partial charge in [-0.05, 0) is 68.4 Å². The number of aromatic nitrogens is 2. The lowest BCUT2D eigenvalue weighted by Gasteiger charge is -2.12. The fourth-order valence-corrected chi connectivity index (χ4v) is 5.03. The van der Waals surface area contributed by atoms with Crippen LogP contribution in [0.25, 0.3) is 5.69 Å². The first-order valence-electron chi connectivity index (χ1n) is 8.20. The second-order valence-electron chi connectivity index (χ2n) is 6.13. The lowest BCUT2D eigenvalue weighted by Crippen LogP contribution is -2.16. The molecule has 0 spiro atoms. The zero-order chi connectivity index (χ0) is 19.6. The molecule has 1 heterocycles. The van der Waals surface area contributed by atoms with Gasteiger partial charge in [-0.1, -0.05) is 52.4 Å². The minimum atomic E-state index is -0.0609. The zero-order valence-corrected chi connectivity index (χ0v) is 18.3. The number of carbonyl (C=O) groups excluding carboxylic acids is 1. The van der Waals surface area contributed by atoms with Crippen molar-refractivity contribution in [3.05, 3.63) is 62.1 Å². The number of rotatable bonds is 5. The van der Waals surface area contributed by atoms with Crippen LogP contribution in [0.4, 0.5) is 5.69 Å². The molecule has 0 aliphatic heterocycles. The highest BCUT2D eigenvalue weighted by molar-refractivity contribution is 8.01. The molecule has 0 bridgehead atoms. The van der Waals surface area contributed by atoms with Crippen LogP contribution < -0.4 is 5.32 Å². The molecule has 0 unspecified atom stereocenters. The summed E-state index contributed by atoms with van der Waals surface area (Å²) in [6, 6.07) is 11.4. The number of benzene rings is 2. The lowest BCUT2D eigenvalue weighted by molar-refractivity contribution is -0.113. The molecule has 1 aromatic heterocycles. The average Bonchev–Trinajstić information content (AvgIpc) is 2.98. The lowest BCUT2D eigenvalue weighted by atomic mass is 10.1. The predicted molar refractivity (Wildman–Crippen MR) is 117 cm³/mol. The quantitative estimate of drug-likeness (QED) is 0.396. The molecule has 2 aromatic carbocycles. The first kappa shape index (κ1) is 20.1. The standard InChI is InChI=1S/C19H18ClN3OS3/c1-11-8-12(2)17(13(3)9-11)21-16(24)10-26-18-22-23(19(25)27-18)15-6-4-14(20)5-7-15/h4-9H,10H2,1-3H3,(H,21,24). The fraction of sp³-hybridized carbons (Fsp3) is 0.211. The van der Waals surface area contributed by atoms with Crippen LogP contribution in [-0.2, 0) is 4.79 Å². The first-order valence-corrected chi connectivity index (χ1v) is 10.8. The van der Waals surface area contributed by atoms with Crippen molar-refractivity contribution in [2.45, 2.75) is 25.1 Å². The molecule has 0 saturated heterocycles. The molecule has 0 atom stereocenters. The van der Waals surface area contributed by atoms with E-state index >= 15 is 0 Å². The van der Waals surface area contributed by atoms with E-state index in [-0.39, 0.29) is 11.7 Å². The average molecular weight is 436 g/mol. The summed E-state index contributed by atoms with van der Waals surface area (Å²) in [5.41, 5.74) is 5.04. The van der Waals surface area contributed by atoms with E-state index in [0.717, 1.165) is 26.8 Å². The number of thioether (sulfide) groups is 1. The van der Waals surface area contributed by atoms with Crippen molar-refractivity contribution < 1.29 is 4.79 Å². The Morgan fingerprint density at radius 1 is 1.22 bits per heavy atom. The number of hydrogen-bond acceptors (Lipinski definition) is 5. The molecule has 0 aliphatic carbocycles. The summed E-state index contributed by atoms with van der Waals surface area (Å²) in [7, 11) is 0. The second-order valence-corrected chi connectivity index (χ2v) is 9.41. The molecule has 0 saturated carbocycles. The zero-order valence-electron chi connectivity index (χ0n) is 15.1. The van der Waals surface area contributed by atoms with Crippen molar-refractivity contribution in [1.29, 1.82) is 0 Å². The van der Waals surface area contributed by atoms with Gasteiger partial charge in [0.2, 0.25) is 5.91 Å². The largest absolute Gasteiger partial charge is 0.325 e. The SMILES string of the molecule is Cc1cc(C)c(NC(=O)CSc2nn(-c3ccc(Cl)cc3)c(=S)s2)c(C)c1. The van der Waals surface area contributed by atoms with Crippen molar-refractivity contribution in [3.63, 3.8) is 0 Å². The van der Waals surface area contributed by atoms with E-state index in [0.29, 0.717) is 8.98 Å². The molecule has 8 heteroatoms. The molecule has 27 heavy (non-hydrogen) atoms. The van der Waals surface area contributed by atoms with Crippen LogP contribution in [-0.4, -0.2) is 21.4 Å². The third-order valence-electron chi connectivity index (χ3n) is 3.87. The van der Waals surface area contributed by atoms with Gasteiger partial charge < -0.3 is 5.32 Å². The van der Waals surface area contributed by atoms with E-state index in [4.69, 9.17) is 23.8 Å². The van der Waals surface area contributed by atoms with Gasteiger partial charge in [-0.15, -0.1) is 5.10 Å². The Balaban J connectivity index is 1.67. The van der Waals surface area contributed by atoms with Gasteiger partial charge in [-0.25, -0.2) is 4.68 Å². The van der Waals surface area contributed by atoms with E-state index in [1.165, 1.54) is 28.7 Å². The fourth-order valence-electron chi connectivity index (χ4n) is 2.74. The Morgan fingerprint density at radius 2 is 1.85 bits per heavy atom. The minimum absolute atomic E-state index is 0.0609. The highest BCUT2D eigenvalue weighted by atomic mass is 35.5. The summed E-state index contributed by atoms with van der Waals surface area (Å²) in [4.78, 5) is 12.4. The van der Waals surface area contributed by atoms with E-state index < -0.39 is 0 Å². The van der Waals surface area contributed by atoms with Gasteiger partial charge in [0.05, 0.1) is 11.4 Å². The Kier molecular flexibility index (Phi) is 6.37. The van der Waals surface area contributed by atoms with Crippen LogP contribution in [0.15, 0.2) is 40.7 Å². The number of nitrogens with zero attached hydrogens (tertiary/aromatic N) is 2. The third kappa shape index (κ3) is 4.99. The monoisotopic (exact) mass is 435 g/mol. The molecule has 140 valence electrons. The predicted octanol–water partition coefficient (Wildman–Crippen LogP) is 5.97. The van der Waals surface area contributed by atoms with E-state index in [9.17, 15) is 4.79 Å². The number of halogens is 1. The molecular formula is C19H18ClN3OS3. The normalized spacial score (nSPS) is 10.8. The summed E-state index contributed by atoms with van der Waals surface area (Å²) in [5.74, 6) is 0.213. The second kappa shape index (κ2) is 8.56. The summed E-state index contributed by atoms with van der Waals surface area (Å²) >= 11 is 14.1. The van der Waals surface area contributed by atoms with Crippen molar-refractivity contribution in [1.82, 2.24) is 9.78 Å². The Morgan fingerprint density at radius 3 is 2.48 bits per heavy atom. The van der Waals surface area contributed by atoms with Crippen molar-refractivity contribution in [2.24, 2.45) is 0 Å². The van der Waals surface area contributed by atoms with Gasteiger partial charge >= 0.3 is 0 Å². The summed E-state index contributed by atoms with van der Waals surface area (Å²) in [6.07, 6.45) is 0. The molecule has 3 rings (SSSR count). The smallest absolute Gasteiger partial charge is 0.234 e. The summed E-state index contributed by atoms with van der Waals surface area (Å²) in [6.45, 7) is 6.05. The third-order valence-corrected chi connectivity index (χ3v) is 6.49. The van der Waals surface area contributed by atoms with Gasteiger partial charge in [0.25, 0.3) is 0 Å². The maximum Gasteiger partial charge on any atom is 0.234 e. The molecule has 0 aliphatic rings. The molecule has 3 aromatic rings. The topological polar surface area (TPSA) is 46.9 Å². The number of hydrogen-bond donors (Lipinski definition) is 1. The van der Waals surface area contributed by atoms with Gasteiger partial charge in [0.1, 0.15) is 0 Å². The van der Waals surface area contributed by atoms with Crippen LogP contribution in [0.3, 0.4) is 0 Å². The molecule has 1 N–H and O–H groups in total. The van der Waals surface area contributed by atoms with Crippen molar-refractivity contribution in [3.8, 4) is 5.69 Å². The Labute approximate surface area is 176 Å². The van der Waals surface area contributed by atoms with Crippen LogP contribution >= 0.6 is 46.9 Å². The van der Waals surface area contributed by atoms with E-state index in [1.54, 1.807) is 16.8 Å². The van der Waals surface area contributed by atoms with Crippen LogP contribution in [0.1, 0.15) is 16.7 Å². The van der Waals surface area contributed by atoms with Crippen LogP contribution in [0, 0.1) is 24.7 Å². The number of carbonyl (C=O) groups is 1. The number of amides is 1. The molecule has 1 amide bonds. The molecule has 0 radical (unpaired) electrons. The van der Waals surface area contributed by atoms with Gasteiger partial charge in [-0.3, -0.25) is 4.79 Å². The van der Waals surface area contributed by atoms with Gasteiger partial charge in [-0.2, -0.15) is 0 Å².